The van der Waals surface area contributed by atoms with Crippen LogP contribution in [0.1, 0.15) is 35.3 Å². The summed E-state index contributed by atoms with van der Waals surface area (Å²) in [6, 6.07) is 10.2. The Hall–Kier alpha value is -2.36. The van der Waals surface area contributed by atoms with Gasteiger partial charge >= 0.3 is 0 Å². The topological polar surface area (TPSA) is 54.0 Å². The number of benzene rings is 1. The zero-order valence-corrected chi connectivity index (χ0v) is 12.7. The first-order chi connectivity index (χ1) is 10.0. The van der Waals surface area contributed by atoms with Gasteiger partial charge in [0.05, 0.1) is 11.3 Å². The lowest BCUT2D eigenvalue weighted by molar-refractivity contribution is 0.0950. The van der Waals surface area contributed by atoms with E-state index in [0.717, 1.165) is 11.3 Å². The minimum atomic E-state index is -0.115. The molecule has 1 amide bonds. The third-order valence-corrected chi connectivity index (χ3v) is 3.03. The largest absolute Gasteiger partial charge is 0.382 e. The number of anilines is 1. The van der Waals surface area contributed by atoms with Gasteiger partial charge in [-0.05, 0) is 32.4 Å². The number of hydrogen-bond acceptors (Lipinski definition) is 3. The molecule has 0 aliphatic carbocycles. The number of carbonyl (C=O) groups excluding carboxylic acids is 1. The predicted molar refractivity (Wildman–Crippen MR) is 85.3 cm³/mol. The molecular formula is C17H21N3O. The van der Waals surface area contributed by atoms with E-state index in [-0.39, 0.29) is 5.91 Å². The Kier molecular flexibility index (Phi) is 4.93. The Labute approximate surface area is 125 Å². The Morgan fingerprint density at radius 1 is 1.19 bits per heavy atom. The monoisotopic (exact) mass is 283 g/mol. The Bertz CT molecular complexity index is 606. The van der Waals surface area contributed by atoms with Crippen molar-refractivity contribution >= 4 is 11.6 Å². The van der Waals surface area contributed by atoms with Gasteiger partial charge in [-0.1, -0.05) is 29.8 Å². The van der Waals surface area contributed by atoms with Gasteiger partial charge < -0.3 is 10.6 Å². The summed E-state index contributed by atoms with van der Waals surface area (Å²) in [6.07, 6.45) is 3.30. The number of rotatable bonds is 5. The summed E-state index contributed by atoms with van der Waals surface area (Å²) in [7, 11) is 0. The van der Waals surface area contributed by atoms with Crippen molar-refractivity contribution in [1.82, 2.24) is 10.3 Å². The number of amides is 1. The van der Waals surface area contributed by atoms with Crippen LogP contribution in [0.25, 0.3) is 0 Å². The molecule has 0 bridgehead atoms. The molecule has 1 aromatic carbocycles. The van der Waals surface area contributed by atoms with Crippen LogP contribution in [0, 0.1) is 6.92 Å². The number of hydrogen-bond donors (Lipinski definition) is 2. The van der Waals surface area contributed by atoms with Crippen LogP contribution in [0.3, 0.4) is 0 Å². The Balaban J connectivity index is 1.98. The van der Waals surface area contributed by atoms with Crippen LogP contribution in [-0.4, -0.2) is 16.9 Å². The standard InChI is InChI=1S/C17H21N3O/c1-12(2)20-16-8-15(10-18-11-16)17(21)19-9-14-6-4-13(3)5-7-14/h4-8,10-12,20H,9H2,1-3H3,(H,19,21). The van der Waals surface area contributed by atoms with Gasteiger partial charge in [-0.25, -0.2) is 0 Å². The van der Waals surface area contributed by atoms with Crippen molar-refractivity contribution in [2.45, 2.75) is 33.4 Å². The van der Waals surface area contributed by atoms with Crippen LogP contribution in [0.15, 0.2) is 42.7 Å². The van der Waals surface area contributed by atoms with E-state index in [4.69, 9.17) is 0 Å². The van der Waals surface area contributed by atoms with E-state index >= 15 is 0 Å². The molecule has 0 aliphatic heterocycles. The minimum Gasteiger partial charge on any atom is -0.382 e. The van der Waals surface area contributed by atoms with Crippen LogP contribution in [0.4, 0.5) is 5.69 Å². The second-order valence-corrected chi connectivity index (χ2v) is 5.43. The molecule has 2 aromatic rings. The molecule has 21 heavy (non-hydrogen) atoms. The molecule has 2 rings (SSSR count). The molecule has 4 nitrogen and oxygen atoms in total. The summed E-state index contributed by atoms with van der Waals surface area (Å²) < 4.78 is 0. The van der Waals surface area contributed by atoms with E-state index in [1.165, 1.54) is 5.56 Å². The van der Waals surface area contributed by atoms with Crippen LogP contribution >= 0.6 is 0 Å². The maximum Gasteiger partial charge on any atom is 0.253 e. The van der Waals surface area contributed by atoms with Gasteiger partial charge in [0.25, 0.3) is 5.91 Å². The molecule has 1 aromatic heterocycles. The first-order valence-electron chi connectivity index (χ1n) is 7.10. The Morgan fingerprint density at radius 2 is 1.90 bits per heavy atom. The highest BCUT2D eigenvalue weighted by molar-refractivity contribution is 5.94. The predicted octanol–water partition coefficient (Wildman–Crippen LogP) is 3.14. The minimum absolute atomic E-state index is 0.115. The van der Waals surface area contributed by atoms with E-state index in [1.54, 1.807) is 12.4 Å². The first-order valence-corrected chi connectivity index (χ1v) is 7.10. The number of pyridine rings is 1. The summed E-state index contributed by atoms with van der Waals surface area (Å²) in [5, 5.41) is 6.15. The highest BCUT2D eigenvalue weighted by atomic mass is 16.1. The highest BCUT2D eigenvalue weighted by Gasteiger charge is 2.07. The summed E-state index contributed by atoms with van der Waals surface area (Å²) in [5.41, 5.74) is 3.71. The summed E-state index contributed by atoms with van der Waals surface area (Å²) in [5.74, 6) is -0.115. The van der Waals surface area contributed by atoms with Crippen LogP contribution < -0.4 is 10.6 Å². The molecular weight excluding hydrogens is 262 g/mol. The maximum atomic E-state index is 12.1. The van der Waals surface area contributed by atoms with Crippen molar-refractivity contribution < 1.29 is 4.79 Å². The van der Waals surface area contributed by atoms with Crippen molar-refractivity contribution in [3.63, 3.8) is 0 Å². The fraction of sp³-hybridized carbons (Fsp3) is 0.294. The second kappa shape index (κ2) is 6.88. The first kappa shape index (κ1) is 15.0. The van der Waals surface area contributed by atoms with Crippen LogP contribution in [0.2, 0.25) is 0 Å². The number of carbonyl (C=O) groups is 1. The van der Waals surface area contributed by atoms with Gasteiger partial charge in [0.1, 0.15) is 0 Å². The van der Waals surface area contributed by atoms with Crippen molar-refractivity contribution in [2.75, 3.05) is 5.32 Å². The zero-order chi connectivity index (χ0) is 15.2. The fourth-order valence-electron chi connectivity index (χ4n) is 1.97. The van der Waals surface area contributed by atoms with Gasteiger partial charge in [0, 0.05) is 25.0 Å². The van der Waals surface area contributed by atoms with Gasteiger partial charge in [-0.15, -0.1) is 0 Å². The van der Waals surface area contributed by atoms with E-state index in [2.05, 4.69) is 15.6 Å². The summed E-state index contributed by atoms with van der Waals surface area (Å²) in [6.45, 7) is 6.65. The quantitative estimate of drug-likeness (QED) is 0.886. The van der Waals surface area contributed by atoms with E-state index in [9.17, 15) is 4.79 Å². The van der Waals surface area contributed by atoms with Crippen molar-refractivity contribution in [3.8, 4) is 0 Å². The van der Waals surface area contributed by atoms with Crippen LogP contribution in [0.5, 0.6) is 0 Å². The van der Waals surface area contributed by atoms with E-state index < -0.39 is 0 Å². The molecule has 1 heterocycles. The van der Waals surface area contributed by atoms with Crippen molar-refractivity contribution in [1.29, 1.82) is 0 Å². The normalized spacial score (nSPS) is 10.5. The average molecular weight is 283 g/mol. The smallest absolute Gasteiger partial charge is 0.253 e. The SMILES string of the molecule is Cc1ccc(CNC(=O)c2cncc(NC(C)C)c2)cc1. The Morgan fingerprint density at radius 3 is 2.57 bits per heavy atom. The number of aromatic nitrogens is 1. The van der Waals surface area contributed by atoms with E-state index in [0.29, 0.717) is 18.2 Å². The van der Waals surface area contributed by atoms with Gasteiger partial charge in [-0.2, -0.15) is 0 Å². The van der Waals surface area contributed by atoms with Crippen LogP contribution in [-0.2, 0) is 6.54 Å². The lowest BCUT2D eigenvalue weighted by Gasteiger charge is -2.11. The van der Waals surface area contributed by atoms with Crippen molar-refractivity contribution in [3.05, 3.63) is 59.4 Å². The van der Waals surface area contributed by atoms with Crippen molar-refractivity contribution in [2.24, 2.45) is 0 Å². The highest BCUT2D eigenvalue weighted by Crippen LogP contribution is 2.10. The second-order valence-electron chi connectivity index (χ2n) is 5.43. The fourth-order valence-corrected chi connectivity index (χ4v) is 1.97. The third kappa shape index (κ3) is 4.60. The maximum absolute atomic E-state index is 12.1. The molecule has 0 fully saturated rings. The summed E-state index contributed by atoms with van der Waals surface area (Å²) >= 11 is 0. The van der Waals surface area contributed by atoms with E-state index in [1.807, 2.05) is 51.1 Å². The molecule has 110 valence electrons. The molecule has 0 saturated heterocycles. The van der Waals surface area contributed by atoms with Gasteiger partial charge in [0.2, 0.25) is 0 Å². The number of nitrogens with one attached hydrogen (secondary N) is 2. The molecule has 0 unspecified atom stereocenters. The molecule has 4 heteroatoms. The molecule has 0 atom stereocenters. The lowest BCUT2D eigenvalue weighted by atomic mass is 10.1. The number of aryl methyl sites for hydroxylation is 1. The molecule has 0 radical (unpaired) electrons. The van der Waals surface area contributed by atoms with Gasteiger partial charge in [0.15, 0.2) is 0 Å². The average Bonchev–Trinajstić information content (AvgIpc) is 2.46. The number of nitrogens with zero attached hydrogens (tertiary/aromatic N) is 1. The third-order valence-electron chi connectivity index (χ3n) is 3.03. The molecule has 0 spiro atoms. The molecule has 2 N–H and O–H groups in total. The zero-order valence-electron chi connectivity index (χ0n) is 12.7. The molecule has 0 saturated carbocycles. The molecule has 0 aliphatic rings. The summed E-state index contributed by atoms with van der Waals surface area (Å²) in [4.78, 5) is 16.2. The van der Waals surface area contributed by atoms with Gasteiger partial charge in [-0.3, -0.25) is 9.78 Å². The lowest BCUT2D eigenvalue weighted by Crippen LogP contribution is -2.23.